The standard InChI is InChI=1S/C23H19NO5/c25-22(12-16-9-10-19-21(11-16)28-14-26-19)24(18-6-2-1-3-7-18)13-17-5-4-8-20-23(17)29-15-27-20/h1-11H,12-15H2. The van der Waals surface area contributed by atoms with Gasteiger partial charge in [-0.05, 0) is 35.9 Å². The number of carbonyl (C=O) groups is 1. The summed E-state index contributed by atoms with van der Waals surface area (Å²) in [5.41, 5.74) is 2.61. The predicted octanol–water partition coefficient (Wildman–Crippen LogP) is 3.92. The Bertz CT molecular complexity index is 1050. The fraction of sp³-hybridized carbons (Fsp3) is 0.174. The molecule has 0 aliphatic carbocycles. The number of benzene rings is 3. The van der Waals surface area contributed by atoms with Crippen LogP contribution in [0.2, 0.25) is 0 Å². The van der Waals surface area contributed by atoms with Gasteiger partial charge in [0.15, 0.2) is 23.0 Å². The molecule has 0 unspecified atom stereocenters. The van der Waals surface area contributed by atoms with Gasteiger partial charge in [0.25, 0.3) is 0 Å². The molecule has 0 bridgehead atoms. The number of hydrogen-bond acceptors (Lipinski definition) is 5. The van der Waals surface area contributed by atoms with Crippen molar-refractivity contribution in [1.29, 1.82) is 0 Å². The van der Waals surface area contributed by atoms with E-state index in [4.69, 9.17) is 18.9 Å². The van der Waals surface area contributed by atoms with Crippen LogP contribution in [0.1, 0.15) is 11.1 Å². The smallest absolute Gasteiger partial charge is 0.231 e. The van der Waals surface area contributed by atoms with E-state index < -0.39 is 0 Å². The maximum atomic E-state index is 13.3. The molecular weight excluding hydrogens is 370 g/mol. The molecule has 1 amide bonds. The second-order valence-corrected chi connectivity index (χ2v) is 6.83. The summed E-state index contributed by atoms with van der Waals surface area (Å²) in [6.45, 7) is 0.798. The van der Waals surface area contributed by atoms with Crippen molar-refractivity contribution in [2.24, 2.45) is 0 Å². The molecule has 6 nitrogen and oxygen atoms in total. The lowest BCUT2D eigenvalue weighted by molar-refractivity contribution is -0.118. The zero-order valence-electron chi connectivity index (χ0n) is 15.7. The Balaban J connectivity index is 1.43. The van der Waals surface area contributed by atoms with E-state index in [1.165, 1.54) is 0 Å². The van der Waals surface area contributed by atoms with Crippen molar-refractivity contribution in [2.45, 2.75) is 13.0 Å². The van der Waals surface area contributed by atoms with Gasteiger partial charge in [-0.1, -0.05) is 36.4 Å². The van der Waals surface area contributed by atoms with Gasteiger partial charge < -0.3 is 23.8 Å². The minimum Gasteiger partial charge on any atom is -0.454 e. The summed E-state index contributed by atoms with van der Waals surface area (Å²) < 4.78 is 21.9. The molecule has 6 heteroatoms. The van der Waals surface area contributed by atoms with Gasteiger partial charge >= 0.3 is 0 Å². The van der Waals surface area contributed by atoms with Gasteiger partial charge in [0.05, 0.1) is 13.0 Å². The molecule has 3 aromatic carbocycles. The van der Waals surface area contributed by atoms with Gasteiger partial charge in [-0.15, -0.1) is 0 Å². The van der Waals surface area contributed by atoms with Gasteiger partial charge in [0.2, 0.25) is 19.5 Å². The Hall–Kier alpha value is -3.67. The molecule has 146 valence electrons. The van der Waals surface area contributed by atoms with Crippen LogP contribution in [0.3, 0.4) is 0 Å². The SMILES string of the molecule is O=C(Cc1ccc2c(c1)OCO2)N(Cc1cccc2c1OCO2)c1ccccc1. The van der Waals surface area contributed by atoms with E-state index in [9.17, 15) is 4.79 Å². The molecule has 0 spiro atoms. The fourth-order valence-corrected chi connectivity index (χ4v) is 3.54. The minimum absolute atomic E-state index is 0.0217. The first-order valence-electron chi connectivity index (χ1n) is 9.39. The Morgan fingerprint density at radius 2 is 1.59 bits per heavy atom. The Labute approximate surface area is 168 Å². The van der Waals surface area contributed by atoms with E-state index in [0.29, 0.717) is 29.5 Å². The quantitative estimate of drug-likeness (QED) is 0.662. The molecule has 29 heavy (non-hydrogen) atoms. The molecule has 0 atom stereocenters. The highest BCUT2D eigenvalue weighted by atomic mass is 16.7. The van der Waals surface area contributed by atoms with Crippen LogP contribution in [0.25, 0.3) is 0 Å². The van der Waals surface area contributed by atoms with Crippen LogP contribution in [0.5, 0.6) is 23.0 Å². The summed E-state index contributed by atoms with van der Waals surface area (Å²) in [5, 5.41) is 0. The van der Waals surface area contributed by atoms with Crippen LogP contribution in [-0.4, -0.2) is 19.5 Å². The molecule has 2 aliphatic rings. The third-order valence-electron chi connectivity index (χ3n) is 4.97. The van der Waals surface area contributed by atoms with Gasteiger partial charge in [-0.3, -0.25) is 4.79 Å². The lowest BCUT2D eigenvalue weighted by Crippen LogP contribution is -2.31. The second-order valence-electron chi connectivity index (χ2n) is 6.83. The third kappa shape index (κ3) is 3.45. The van der Waals surface area contributed by atoms with E-state index in [-0.39, 0.29) is 25.9 Å². The molecule has 0 aromatic heterocycles. The zero-order valence-corrected chi connectivity index (χ0v) is 15.7. The average Bonchev–Trinajstić information content (AvgIpc) is 3.41. The Morgan fingerprint density at radius 1 is 0.793 bits per heavy atom. The van der Waals surface area contributed by atoms with E-state index >= 15 is 0 Å². The zero-order chi connectivity index (χ0) is 19.6. The summed E-state index contributed by atoms with van der Waals surface area (Å²) in [6.07, 6.45) is 0.248. The van der Waals surface area contributed by atoms with Crippen LogP contribution in [0.4, 0.5) is 5.69 Å². The maximum Gasteiger partial charge on any atom is 0.231 e. The van der Waals surface area contributed by atoms with Crippen molar-refractivity contribution >= 4 is 11.6 Å². The van der Waals surface area contributed by atoms with Gasteiger partial charge in [-0.2, -0.15) is 0 Å². The summed E-state index contributed by atoms with van der Waals surface area (Å²) >= 11 is 0. The fourth-order valence-electron chi connectivity index (χ4n) is 3.54. The molecule has 2 heterocycles. The maximum absolute atomic E-state index is 13.3. The van der Waals surface area contributed by atoms with Crippen molar-refractivity contribution in [3.63, 3.8) is 0 Å². The highest BCUT2D eigenvalue weighted by molar-refractivity contribution is 5.94. The molecule has 0 fully saturated rings. The van der Waals surface area contributed by atoms with Gasteiger partial charge in [-0.25, -0.2) is 0 Å². The number of fused-ring (bicyclic) bond motifs is 2. The molecule has 0 radical (unpaired) electrons. The number of ether oxygens (including phenoxy) is 4. The monoisotopic (exact) mass is 389 g/mol. The average molecular weight is 389 g/mol. The molecule has 3 aromatic rings. The van der Waals surface area contributed by atoms with Crippen molar-refractivity contribution in [1.82, 2.24) is 0 Å². The summed E-state index contributed by atoms with van der Waals surface area (Å²) in [7, 11) is 0. The van der Waals surface area contributed by atoms with E-state index in [0.717, 1.165) is 16.8 Å². The van der Waals surface area contributed by atoms with Crippen LogP contribution in [-0.2, 0) is 17.8 Å². The number of nitrogens with zero attached hydrogens (tertiary/aromatic N) is 1. The number of amides is 1. The topological polar surface area (TPSA) is 57.2 Å². The predicted molar refractivity (Wildman–Crippen MR) is 106 cm³/mol. The summed E-state index contributed by atoms with van der Waals surface area (Å²) in [6, 6.07) is 21.0. The van der Waals surface area contributed by atoms with Crippen molar-refractivity contribution in [2.75, 3.05) is 18.5 Å². The van der Waals surface area contributed by atoms with Crippen LogP contribution in [0.15, 0.2) is 66.7 Å². The molecule has 2 aliphatic heterocycles. The highest BCUT2D eigenvalue weighted by Crippen LogP contribution is 2.37. The van der Waals surface area contributed by atoms with Crippen molar-refractivity contribution in [3.8, 4) is 23.0 Å². The van der Waals surface area contributed by atoms with E-state index in [2.05, 4.69) is 0 Å². The number of rotatable bonds is 5. The molecule has 0 saturated carbocycles. The first-order valence-corrected chi connectivity index (χ1v) is 9.39. The summed E-state index contributed by atoms with van der Waals surface area (Å²) in [5.74, 6) is 2.76. The summed E-state index contributed by atoms with van der Waals surface area (Å²) in [4.78, 5) is 15.1. The number of carbonyl (C=O) groups excluding carboxylic acids is 1. The molecule has 0 saturated heterocycles. The molecule has 5 rings (SSSR count). The third-order valence-corrected chi connectivity index (χ3v) is 4.97. The van der Waals surface area contributed by atoms with E-state index in [1.807, 2.05) is 66.7 Å². The van der Waals surface area contributed by atoms with Crippen LogP contribution < -0.4 is 23.8 Å². The van der Waals surface area contributed by atoms with Crippen LogP contribution in [0, 0.1) is 0 Å². The highest BCUT2D eigenvalue weighted by Gasteiger charge is 2.23. The van der Waals surface area contributed by atoms with E-state index in [1.54, 1.807) is 4.90 Å². The number of anilines is 1. The lowest BCUT2D eigenvalue weighted by atomic mass is 10.1. The Morgan fingerprint density at radius 3 is 2.48 bits per heavy atom. The van der Waals surface area contributed by atoms with Gasteiger partial charge in [0, 0.05) is 11.3 Å². The minimum atomic E-state index is -0.0217. The molecule has 0 N–H and O–H groups in total. The lowest BCUT2D eigenvalue weighted by Gasteiger charge is -2.24. The van der Waals surface area contributed by atoms with Crippen molar-refractivity contribution < 1.29 is 23.7 Å². The first-order chi connectivity index (χ1) is 14.3. The number of hydrogen-bond donors (Lipinski definition) is 0. The largest absolute Gasteiger partial charge is 0.454 e. The second kappa shape index (κ2) is 7.39. The normalized spacial score (nSPS) is 13.4. The first kappa shape index (κ1) is 17.4. The number of para-hydroxylation sites is 2. The molecular formula is C23H19NO5. The van der Waals surface area contributed by atoms with Gasteiger partial charge in [0.1, 0.15) is 0 Å². The van der Waals surface area contributed by atoms with Crippen LogP contribution >= 0.6 is 0 Å². The Kier molecular flexibility index (Phi) is 4.44. The van der Waals surface area contributed by atoms with Crippen molar-refractivity contribution in [3.05, 3.63) is 77.9 Å².